The maximum absolute atomic E-state index is 14.3. The van der Waals surface area contributed by atoms with Gasteiger partial charge in [-0.1, -0.05) is 30.3 Å². The van der Waals surface area contributed by atoms with Crippen LogP contribution in [0, 0.1) is 11.2 Å². The van der Waals surface area contributed by atoms with Crippen LogP contribution in [0.2, 0.25) is 0 Å². The molecule has 11 heteroatoms. The first-order valence-corrected chi connectivity index (χ1v) is 9.85. The molecule has 0 bridgehead atoms. The number of benzene rings is 2. The molecule has 0 aliphatic carbocycles. The summed E-state index contributed by atoms with van der Waals surface area (Å²) < 4.78 is 24.8. The highest BCUT2D eigenvalue weighted by Gasteiger charge is 2.59. The summed E-state index contributed by atoms with van der Waals surface area (Å²) in [6.45, 7) is 2.10. The van der Waals surface area contributed by atoms with Crippen molar-refractivity contribution in [3.05, 3.63) is 70.5 Å². The van der Waals surface area contributed by atoms with E-state index >= 15 is 0 Å². The monoisotopic (exact) mass is 456 g/mol. The summed E-state index contributed by atoms with van der Waals surface area (Å²) in [4.78, 5) is 51.4. The van der Waals surface area contributed by atoms with Gasteiger partial charge in [0.2, 0.25) is 0 Å². The number of amidine groups is 1. The molecule has 0 fully saturated rings. The number of rotatable bonds is 8. The second-order valence-electron chi connectivity index (χ2n) is 7.01. The largest absolute Gasteiger partial charge is 0.405 e. The second-order valence-corrected chi connectivity index (χ2v) is 7.01. The number of halogens is 1. The van der Waals surface area contributed by atoms with Crippen LogP contribution in [-0.2, 0) is 25.6 Å². The Kier molecular flexibility index (Phi) is 6.54. The molecule has 2 aromatic rings. The van der Waals surface area contributed by atoms with Gasteiger partial charge in [0.05, 0.1) is 17.7 Å². The Bertz CT molecular complexity index is 1150. The van der Waals surface area contributed by atoms with Crippen molar-refractivity contribution in [3.63, 3.8) is 0 Å². The Labute approximate surface area is 188 Å². The molecule has 3 amide bonds. The zero-order valence-electron chi connectivity index (χ0n) is 17.8. The summed E-state index contributed by atoms with van der Waals surface area (Å²) in [6, 6.07) is 9.79. The van der Waals surface area contributed by atoms with Gasteiger partial charge in [-0.15, -0.1) is 0 Å². The predicted molar refractivity (Wildman–Crippen MR) is 112 cm³/mol. The number of nitrogens with one attached hydrogen (secondary N) is 2. The molecular formula is C22H21FN4O6. The number of hydrogen-bond acceptors (Lipinski definition) is 7. The number of nitrogens with two attached hydrogens (primary N) is 1. The van der Waals surface area contributed by atoms with Gasteiger partial charge in [0.15, 0.2) is 0 Å². The first-order chi connectivity index (χ1) is 15.6. The highest BCUT2D eigenvalue weighted by molar-refractivity contribution is 6.23. The van der Waals surface area contributed by atoms with Gasteiger partial charge in [-0.25, -0.2) is 9.29 Å². The third-order valence-corrected chi connectivity index (χ3v) is 4.79. The van der Waals surface area contributed by atoms with Gasteiger partial charge in [0.25, 0.3) is 11.8 Å². The molecule has 1 heterocycles. The first-order valence-electron chi connectivity index (χ1n) is 9.85. The quantitative estimate of drug-likeness (QED) is 0.178. The van der Waals surface area contributed by atoms with Crippen LogP contribution in [-0.4, -0.2) is 46.9 Å². The van der Waals surface area contributed by atoms with Crippen molar-refractivity contribution < 1.29 is 33.0 Å². The van der Waals surface area contributed by atoms with Crippen molar-refractivity contribution in [2.24, 2.45) is 5.73 Å². The molecule has 3 rings (SSSR count). The van der Waals surface area contributed by atoms with Crippen LogP contribution in [0.15, 0.2) is 42.5 Å². The van der Waals surface area contributed by atoms with E-state index in [9.17, 15) is 23.6 Å². The zero-order chi connectivity index (χ0) is 24.3. The zero-order valence-corrected chi connectivity index (χ0v) is 17.8. The van der Waals surface area contributed by atoms with Gasteiger partial charge in [0, 0.05) is 19.0 Å². The SMILES string of the molecule is CCO[C@](OC(C)=O)(C(=O)NCc1ccc(C(=N)N)cc1)N1C(=O)c2cccc(F)c2C1=O. The van der Waals surface area contributed by atoms with Gasteiger partial charge >= 0.3 is 17.8 Å². The van der Waals surface area contributed by atoms with Crippen LogP contribution >= 0.6 is 0 Å². The number of fused-ring (bicyclic) bond motifs is 1. The molecule has 172 valence electrons. The number of carbonyl (C=O) groups excluding carboxylic acids is 4. The minimum Gasteiger partial charge on any atom is -0.405 e. The van der Waals surface area contributed by atoms with Crippen molar-refractivity contribution in [1.82, 2.24) is 10.2 Å². The number of nitrogen functional groups attached to an aromatic ring is 1. The van der Waals surface area contributed by atoms with Gasteiger partial charge in [0.1, 0.15) is 11.7 Å². The fourth-order valence-corrected chi connectivity index (χ4v) is 3.35. The van der Waals surface area contributed by atoms with Crippen molar-refractivity contribution in [1.29, 1.82) is 5.41 Å². The maximum Gasteiger partial charge on any atom is 0.390 e. The topological polar surface area (TPSA) is 152 Å². The van der Waals surface area contributed by atoms with E-state index in [1.807, 2.05) is 0 Å². The molecule has 0 unspecified atom stereocenters. The Hall–Kier alpha value is -4.12. The molecule has 0 aromatic heterocycles. The van der Waals surface area contributed by atoms with Gasteiger partial charge in [-0.3, -0.25) is 24.6 Å². The van der Waals surface area contributed by atoms with Crippen LogP contribution in [0.3, 0.4) is 0 Å². The number of carbonyl (C=O) groups is 4. The van der Waals surface area contributed by atoms with Gasteiger partial charge in [-0.2, -0.15) is 0 Å². The summed E-state index contributed by atoms with van der Waals surface area (Å²) in [7, 11) is 0. The van der Waals surface area contributed by atoms with Crippen LogP contribution in [0.1, 0.15) is 45.7 Å². The lowest BCUT2D eigenvalue weighted by Crippen LogP contribution is -2.64. The molecule has 0 spiro atoms. The Morgan fingerprint density at radius 3 is 2.36 bits per heavy atom. The van der Waals surface area contributed by atoms with E-state index in [-0.39, 0.29) is 24.6 Å². The van der Waals surface area contributed by atoms with Crippen molar-refractivity contribution in [2.75, 3.05) is 6.61 Å². The lowest BCUT2D eigenvalue weighted by Gasteiger charge is -2.36. The molecule has 0 saturated carbocycles. The number of hydrogen-bond donors (Lipinski definition) is 3. The van der Waals surface area contributed by atoms with Crippen LogP contribution in [0.5, 0.6) is 0 Å². The molecule has 0 radical (unpaired) electrons. The normalized spacial score (nSPS) is 14.5. The van der Waals surface area contributed by atoms with Crippen LogP contribution in [0.4, 0.5) is 4.39 Å². The molecule has 33 heavy (non-hydrogen) atoms. The number of imide groups is 1. The highest BCUT2D eigenvalue weighted by atomic mass is 19.1. The Morgan fingerprint density at radius 2 is 1.82 bits per heavy atom. The summed E-state index contributed by atoms with van der Waals surface area (Å²) in [5, 5.41) is 9.89. The molecule has 4 N–H and O–H groups in total. The van der Waals surface area contributed by atoms with Crippen molar-refractivity contribution in [3.8, 4) is 0 Å². The number of amides is 3. The highest BCUT2D eigenvalue weighted by Crippen LogP contribution is 2.33. The van der Waals surface area contributed by atoms with E-state index in [0.717, 1.165) is 13.0 Å². The lowest BCUT2D eigenvalue weighted by atomic mass is 10.1. The average Bonchev–Trinajstić information content (AvgIpc) is 3.03. The summed E-state index contributed by atoms with van der Waals surface area (Å²) >= 11 is 0. The van der Waals surface area contributed by atoms with E-state index in [1.165, 1.54) is 19.1 Å². The summed E-state index contributed by atoms with van der Waals surface area (Å²) in [5.74, 6) is -8.25. The standard InChI is InChI=1S/C22H21FN4O6/c1-3-32-22(33-12(2)28,21(31)26-11-13-7-9-14(10-8-13)18(24)25)27-19(29)15-5-4-6-16(23)17(15)20(27)30/h4-10H,3,11H2,1-2H3,(H3,24,25)(H,26,31)/t22-/m0/s1. The fourth-order valence-electron chi connectivity index (χ4n) is 3.35. The average molecular weight is 456 g/mol. The molecule has 1 aliphatic heterocycles. The van der Waals surface area contributed by atoms with E-state index < -0.39 is 41.0 Å². The van der Waals surface area contributed by atoms with Crippen molar-refractivity contribution in [2.45, 2.75) is 26.3 Å². The first kappa shape index (κ1) is 23.5. The predicted octanol–water partition coefficient (Wildman–Crippen LogP) is 1.28. The number of nitrogens with zero attached hydrogens (tertiary/aromatic N) is 1. The smallest absolute Gasteiger partial charge is 0.390 e. The van der Waals surface area contributed by atoms with Gasteiger partial charge in [-0.05, 0) is 24.6 Å². The molecule has 0 saturated heterocycles. The molecule has 10 nitrogen and oxygen atoms in total. The van der Waals surface area contributed by atoms with Crippen LogP contribution in [0.25, 0.3) is 0 Å². The minimum absolute atomic E-state index is 0.107. The third-order valence-electron chi connectivity index (χ3n) is 4.79. The molecular weight excluding hydrogens is 435 g/mol. The Balaban J connectivity index is 1.97. The van der Waals surface area contributed by atoms with E-state index in [1.54, 1.807) is 24.3 Å². The van der Waals surface area contributed by atoms with Gasteiger partial charge < -0.3 is 20.5 Å². The lowest BCUT2D eigenvalue weighted by molar-refractivity contribution is -0.260. The van der Waals surface area contributed by atoms with Crippen LogP contribution < -0.4 is 11.1 Å². The maximum atomic E-state index is 14.3. The number of esters is 1. The molecule has 1 aliphatic rings. The molecule has 2 aromatic carbocycles. The fraction of sp³-hybridized carbons (Fsp3) is 0.227. The Morgan fingerprint density at radius 1 is 1.15 bits per heavy atom. The third kappa shape index (κ3) is 4.30. The summed E-state index contributed by atoms with van der Waals surface area (Å²) in [6.07, 6.45) is 0. The second kappa shape index (κ2) is 9.17. The van der Waals surface area contributed by atoms with Crippen molar-refractivity contribution >= 4 is 29.5 Å². The number of ether oxygens (including phenoxy) is 2. The summed E-state index contributed by atoms with van der Waals surface area (Å²) in [5.41, 5.74) is 5.63. The van der Waals surface area contributed by atoms with E-state index in [0.29, 0.717) is 16.0 Å². The minimum atomic E-state index is -2.79. The van der Waals surface area contributed by atoms with E-state index in [2.05, 4.69) is 5.32 Å². The molecule has 1 atom stereocenters. The van der Waals surface area contributed by atoms with E-state index in [4.69, 9.17) is 20.6 Å².